The first kappa shape index (κ1) is 6.58. The summed E-state index contributed by atoms with van der Waals surface area (Å²) in [6.07, 6.45) is 4.17. The third-order valence-electron chi connectivity index (χ3n) is 1.97. The summed E-state index contributed by atoms with van der Waals surface area (Å²) < 4.78 is 0. The Morgan fingerprint density at radius 3 is 2.82 bits per heavy atom. The SMILES string of the molecule is Cc1nc(N)cnc1C1CC1. The number of hydrogen-bond donors (Lipinski definition) is 1. The number of nitrogens with zero attached hydrogens (tertiary/aromatic N) is 2. The van der Waals surface area contributed by atoms with Gasteiger partial charge in [-0.2, -0.15) is 0 Å². The topological polar surface area (TPSA) is 51.8 Å². The first-order valence-corrected chi connectivity index (χ1v) is 3.86. The highest BCUT2D eigenvalue weighted by molar-refractivity contribution is 5.29. The molecule has 2 N–H and O–H groups in total. The van der Waals surface area contributed by atoms with Gasteiger partial charge in [0.05, 0.1) is 17.6 Å². The Hall–Kier alpha value is -1.12. The summed E-state index contributed by atoms with van der Waals surface area (Å²) in [5, 5.41) is 0. The molecule has 0 unspecified atom stereocenters. The van der Waals surface area contributed by atoms with Crippen LogP contribution in [0.5, 0.6) is 0 Å². The molecule has 0 bridgehead atoms. The summed E-state index contributed by atoms with van der Waals surface area (Å²) in [7, 11) is 0. The Morgan fingerprint density at radius 2 is 2.27 bits per heavy atom. The number of aryl methyl sites for hydroxylation is 1. The molecular weight excluding hydrogens is 138 g/mol. The lowest BCUT2D eigenvalue weighted by atomic mass is 10.2. The Labute approximate surface area is 65.7 Å². The molecule has 2 rings (SSSR count). The molecule has 1 aliphatic rings. The van der Waals surface area contributed by atoms with E-state index in [9.17, 15) is 0 Å². The van der Waals surface area contributed by atoms with E-state index in [1.54, 1.807) is 6.20 Å². The van der Waals surface area contributed by atoms with Crippen molar-refractivity contribution in [2.24, 2.45) is 0 Å². The fraction of sp³-hybridized carbons (Fsp3) is 0.500. The molecular formula is C8H11N3. The quantitative estimate of drug-likeness (QED) is 0.653. The van der Waals surface area contributed by atoms with Gasteiger partial charge in [-0.15, -0.1) is 0 Å². The third kappa shape index (κ3) is 1.18. The summed E-state index contributed by atoms with van der Waals surface area (Å²) in [5.41, 5.74) is 7.61. The van der Waals surface area contributed by atoms with Crippen LogP contribution in [0.15, 0.2) is 6.20 Å². The van der Waals surface area contributed by atoms with Crippen LogP contribution in [0.4, 0.5) is 5.82 Å². The van der Waals surface area contributed by atoms with Gasteiger partial charge in [0.25, 0.3) is 0 Å². The second kappa shape index (κ2) is 2.19. The van der Waals surface area contributed by atoms with Gasteiger partial charge in [0.15, 0.2) is 0 Å². The predicted octanol–water partition coefficient (Wildman–Crippen LogP) is 1.24. The number of nitrogens with two attached hydrogens (primary N) is 1. The lowest BCUT2D eigenvalue weighted by molar-refractivity contribution is 0.952. The second-order valence-corrected chi connectivity index (χ2v) is 3.04. The third-order valence-corrected chi connectivity index (χ3v) is 1.97. The molecule has 1 aromatic heterocycles. The van der Waals surface area contributed by atoms with Crippen molar-refractivity contribution in [3.05, 3.63) is 17.6 Å². The van der Waals surface area contributed by atoms with E-state index in [1.807, 2.05) is 6.92 Å². The summed E-state index contributed by atoms with van der Waals surface area (Å²) in [5.74, 6) is 1.19. The molecule has 1 saturated carbocycles. The average Bonchev–Trinajstić information content (AvgIpc) is 2.70. The molecule has 1 aromatic rings. The molecule has 1 aliphatic carbocycles. The van der Waals surface area contributed by atoms with Crippen molar-refractivity contribution in [1.29, 1.82) is 0 Å². The van der Waals surface area contributed by atoms with Crippen LogP contribution >= 0.6 is 0 Å². The molecule has 11 heavy (non-hydrogen) atoms. The van der Waals surface area contributed by atoms with Crippen LogP contribution in [0.25, 0.3) is 0 Å². The summed E-state index contributed by atoms with van der Waals surface area (Å²) >= 11 is 0. The monoisotopic (exact) mass is 149 g/mol. The Morgan fingerprint density at radius 1 is 1.55 bits per heavy atom. The van der Waals surface area contributed by atoms with Gasteiger partial charge in [-0.05, 0) is 19.8 Å². The van der Waals surface area contributed by atoms with Crippen LogP contribution in [0.1, 0.15) is 30.1 Å². The van der Waals surface area contributed by atoms with E-state index in [0.717, 1.165) is 11.4 Å². The maximum atomic E-state index is 5.47. The molecule has 0 aromatic carbocycles. The van der Waals surface area contributed by atoms with Crippen LogP contribution in [0.3, 0.4) is 0 Å². The highest BCUT2D eigenvalue weighted by Crippen LogP contribution is 2.39. The van der Waals surface area contributed by atoms with Gasteiger partial charge < -0.3 is 5.73 Å². The minimum Gasteiger partial charge on any atom is -0.382 e. The largest absolute Gasteiger partial charge is 0.382 e. The molecule has 0 atom stereocenters. The molecule has 0 amide bonds. The molecule has 3 nitrogen and oxygen atoms in total. The molecule has 0 saturated heterocycles. The molecule has 0 aliphatic heterocycles. The van der Waals surface area contributed by atoms with E-state index in [-0.39, 0.29) is 0 Å². The van der Waals surface area contributed by atoms with E-state index >= 15 is 0 Å². The Kier molecular flexibility index (Phi) is 1.31. The van der Waals surface area contributed by atoms with Crippen molar-refractivity contribution in [3.8, 4) is 0 Å². The Balaban J connectivity index is 2.39. The Bertz CT molecular complexity index is 279. The molecule has 0 spiro atoms. The number of nitrogen functional groups attached to an aromatic ring is 1. The van der Waals surface area contributed by atoms with Gasteiger partial charge in [0.1, 0.15) is 5.82 Å². The summed E-state index contributed by atoms with van der Waals surface area (Å²) in [4.78, 5) is 8.40. The number of aromatic nitrogens is 2. The van der Waals surface area contributed by atoms with Crippen molar-refractivity contribution in [2.75, 3.05) is 5.73 Å². The normalized spacial score (nSPS) is 16.8. The average molecular weight is 149 g/mol. The molecule has 58 valence electrons. The predicted molar refractivity (Wildman–Crippen MR) is 43.2 cm³/mol. The highest BCUT2D eigenvalue weighted by atomic mass is 14.9. The summed E-state index contributed by atoms with van der Waals surface area (Å²) in [6, 6.07) is 0. The van der Waals surface area contributed by atoms with Crippen molar-refractivity contribution in [3.63, 3.8) is 0 Å². The van der Waals surface area contributed by atoms with E-state index in [1.165, 1.54) is 12.8 Å². The van der Waals surface area contributed by atoms with E-state index in [2.05, 4.69) is 9.97 Å². The van der Waals surface area contributed by atoms with E-state index in [4.69, 9.17) is 5.73 Å². The lowest BCUT2D eigenvalue weighted by Gasteiger charge is -2.01. The van der Waals surface area contributed by atoms with E-state index in [0.29, 0.717) is 11.7 Å². The zero-order valence-corrected chi connectivity index (χ0v) is 6.54. The van der Waals surface area contributed by atoms with Crippen LogP contribution in [0, 0.1) is 6.92 Å². The lowest BCUT2D eigenvalue weighted by Crippen LogP contribution is -1.99. The zero-order chi connectivity index (χ0) is 7.84. The molecule has 1 fully saturated rings. The zero-order valence-electron chi connectivity index (χ0n) is 6.54. The fourth-order valence-electron chi connectivity index (χ4n) is 1.27. The van der Waals surface area contributed by atoms with Crippen molar-refractivity contribution in [2.45, 2.75) is 25.7 Å². The van der Waals surface area contributed by atoms with Gasteiger partial charge >= 0.3 is 0 Å². The highest BCUT2D eigenvalue weighted by Gasteiger charge is 2.26. The van der Waals surface area contributed by atoms with Gasteiger partial charge in [-0.25, -0.2) is 4.98 Å². The van der Waals surface area contributed by atoms with Crippen molar-refractivity contribution < 1.29 is 0 Å². The number of rotatable bonds is 1. The maximum Gasteiger partial charge on any atom is 0.142 e. The number of anilines is 1. The second-order valence-electron chi connectivity index (χ2n) is 3.04. The van der Waals surface area contributed by atoms with E-state index < -0.39 is 0 Å². The van der Waals surface area contributed by atoms with Gasteiger partial charge in [-0.1, -0.05) is 0 Å². The van der Waals surface area contributed by atoms with Gasteiger partial charge in [-0.3, -0.25) is 4.98 Å². The standard InChI is InChI=1S/C8H11N3/c1-5-8(6-2-3-6)10-4-7(9)11-5/h4,6H,2-3H2,1H3,(H2,9,11). The molecule has 3 heteroatoms. The fourth-order valence-corrected chi connectivity index (χ4v) is 1.27. The molecule has 1 heterocycles. The van der Waals surface area contributed by atoms with Crippen LogP contribution in [-0.4, -0.2) is 9.97 Å². The smallest absolute Gasteiger partial charge is 0.142 e. The van der Waals surface area contributed by atoms with Crippen LogP contribution in [-0.2, 0) is 0 Å². The maximum absolute atomic E-state index is 5.47. The van der Waals surface area contributed by atoms with Crippen molar-refractivity contribution >= 4 is 5.82 Å². The minimum atomic E-state index is 0.520. The van der Waals surface area contributed by atoms with Crippen molar-refractivity contribution in [1.82, 2.24) is 9.97 Å². The van der Waals surface area contributed by atoms with Gasteiger partial charge in [0.2, 0.25) is 0 Å². The van der Waals surface area contributed by atoms with Gasteiger partial charge in [0, 0.05) is 5.92 Å². The van der Waals surface area contributed by atoms with Crippen LogP contribution in [0.2, 0.25) is 0 Å². The minimum absolute atomic E-state index is 0.520. The first-order chi connectivity index (χ1) is 5.27. The number of hydrogen-bond acceptors (Lipinski definition) is 3. The molecule has 0 radical (unpaired) electrons. The summed E-state index contributed by atoms with van der Waals surface area (Å²) in [6.45, 7) is 1.97. The van der Waals surface area contributed by atoms with Crippen LogP contribution < -0.4 is 5.73 Å². The first-order valence-electron chi connectivity index (χ1n) is 3.86.